The van der Waals surface area contributed by atoms with Crippen LogP contribution in [0.2, 0.25) is 0 Å². The van der Waals surface area contributed by atoms with Crippen LogP contribution in [0.15, 0.2) is 39.4 Å². The summed E-state index contributed by atoms with van der Waals surface area (Å²) in [5.74, 6) is 2.16. The minimum Gasteiger partial charge on any atom is -0.464 e. The maximum atomic E-state index is 9.35. The van der Waals surface area contributed by atoms with Crippen molar-refractivity contribution in [2.45, 2.75) is 13.8 Å². The van der Waals surface area contributed by atoms with Crippen LogP contribution in [0.5, 0.6) is 0 Å². The number of nitrogens with two attached hydrogens (primary N) is 1. The summed E-state index contributed by atoms with van der Waals surface area (Å²) in [4.78, 5) is 4.32. The lowest BCUT2D eigenvalue weighted by atomic mass is 9.98. The van der Waals surface area contributed by atoms with Gasteiger partial charge in [-0.15, -0.1) is 0 Å². The van der Waals surface area contributed by atoms with Crippen LogP contribution in [0, 0.1) is 25.2 Å². The minimum absolute atomic E-state index is 0.165. The number of nitrogens with zero attached hydrogens (tertiary/aromatic N) is 2. The van der Waals surface area contributed by atoms with Crippen molar-refractivity contribution in [1.82, 2.24) is 4.98 Å². The summed E-state index contributed by atoms with van der Waals surface area (Å²) < 4.78 is 11.0. The van der Waals surface area contributed by atoms with E-state index in [0.717, 1.165) is 11.3 Å². The van der Waals surface area contributed by atoms with Gasteiger partial charge < -0.3 is 14.6 Å². The van der Waals surface area contributed by atoms with E-state index in [0.29, 0.717) is 28.3 Å². The molecule has 21 heavy (non-hydrogen) atoms. The molecule has 3 aromatic heterocycles. The van der Waals surface area contributed by atoms with Crippen molar-refractivity contribution in [2.75, 3.05) is 5.73 Å². The van der Waals surface area contributed by atoms with Gasteiger partial charge in [0.2, 0.25) is 0 Å². The molecule has 0 aliphatic rings. The molecule has 0 radical (unpaired) electrons. The molecule has 5 nitrogen and oxygen atoms in total. The Balaban J connectivity index is 2.33. The van der Waals surface area contributed by atoms with Crippen LogP contribution < -0.4 is 5.73 Å². The zero-order chi connectivity index (χ0) is 15.0. The van der Waals surface area contributed by atoms with E-state index < -0.39 is 0 Å². The van der Waals surface area contributed by atoms with Gasteiger partial charge in [-0.2, -0.15) is 5.26 Å². The Kier molecular flexibility index (Phi) is 2.99. The number of nitrogen functional groups attached to an aromatic ring is 1. The van der Waals surface area contributed by atoms with Crippen LogP contribution in [-0.4, -0.2) is 4.98 Å². The molecule has 3 rings (SSSR count). The molecule has 0 unspecified atom stereocenters. The van der Waals surface area contributed by atoms with Crippen LogP contribution in [0.3, 0.4) is 0 Å². The van der Waals surface area contributed by atoms with Crippen molar-refractivity contribution in [3.05, 3.63) is 47.4 Å². The number of aryl methyl sites for hydroxylation is 1. The molecule has 104 valence electrons. The molecule has 3 aromatic rings. The van der Waals surface area contributed by atoms with E-state index in [1.54, 1.807) is 18.4 Å². The number of hydrogen-bond donors (Lipinski definition) is 1. The molecule has 2 N–H and O–H groups in total. The van der Waals surface area contributed by atoms with E-state index in [9.17, 15) is 5.26 Å². The zero-order valence-corrected chi connectivity index (χ0v) is 11.7. The second kappa shape index (κ2) is 4.84. The summed E-state index contributed by atoms with van der Waals surface area (Å²) in [6.07, 6.45) is 1.56. The van der Waals surface area contributed by atoms with Crippen LogP contribution in [0.4, 0.5) is 5.82 Å². The van der Waals surface area contributed by atoms with Crippen molar-refractivity contribution >= 4 is 5.82 Å². The molecule has 0 aliphatic carbocycles. The van der Waals surface area contributed by atoms with Gasteiger partial charge >= 0.3 is 0 Å². The summed E-state index contributed by atoms with van der Waals surface area (Å²) >= 11 is 0. The molecule has 0 atom stereocenters. The molecular formula is C16H13N3O2. The zero-order valence-electron chi connectivity index (χ0n) is 11.7. The highest BCUT2D eigenvalue weighted by molar-refractivity contribution is 5.81. The van der Waals surface area contributed by atoms with Crippen molar-refractivity contribution in [3.63, 3.8) is 0 Å². The standard InChI is InChI=1S/C16H13N3O2/c1-9-5-6-13(21-9)15-10(2)14(12-4-3-7-20-12)11(8-17)16(18)19-15/h3-7H,1-2H3,(H2,18,19). The normalized spacial score (nSPS) is 10.5. The summed E-state index contributed by atoms with van der Waals surface area (Å²) in [6.45, 7) is 3.73. The first-order valence-electron chi connectivity index (χ1n) is 6.42. The van der Waals surface area contributed by atoms with E-state index in [1.807, 2.05) is 26.0 Å². The predicted octanol–water partition coefficient (Wildman–Crippen LogP) is 3.67. The van der Waals surface area contributed by atoms with Crippen LogP contribution >= 0.6 is 0 Å². The lowest BCUT2D eigenvalue weighted by Gasteiger charge is -2.11. The highest BCUT2D eigenvalue weighted by Crippen LogP contribution is 2.36. The Morgan fingerprint density at radius 3 is 2.57 bits per heavy atom. The summed E-state index contributed by atoms with van der Waals surface area (Å²) in [5, 5.41) is 9.35. The monoisotopic (exact) mass is 279 g/mol. The third-order valence-electron chi connectivity index (χ3n) is 3.32. The van der Waals surface area contributed by atoms with Gasteiger partial charge in [-0.05, 0) is 43.7 Å². The van der Waals surface area contributed by atoms with Crippen molar-refractivity contribution in [1.29, 1.82) is 5.26 Å². The lowest BCUT2D eigenvalue weighted by Crippen LogP contribution is -2.02. The maximum Gasteiger partial charge on any atom is 0.153 e. The number of nitriles is 1. The summed E-state index contributed by atoms with van der Waals surface area (Å²) in [7, 11) is 0. The molecule has 0 spiro atoms. The molecule has 0 saturated heterocycles. The van der Waals surface area contributed by atoms with Crippen molar-refractivity contribution in [3.8, 4) is 28.8 Å². The molecule has 0 bridgehead atoms. The average molecular weight is 279 g/mol. The van der Waals surface area contributed by atoms with E-state index >= 15 is 0 Å². The maximum absolute atomic E-state index is 9.35. The second-order valence-electron chi connectivity index (χ2n) is 4.72. The van der Waals surface area contributed by atoms with Crippen LogP contribution in [-0.2, 0) is 0 Å². The highest BCUT2D eigenvalue weighted by atomic mass is 16.3. The number of hydrogen-bond acceptors (Lipinski definition) is 5. The fourth-order valence-corrected chi connectivity index (χ4v) is 2.34. The Bertz CT molecular complexity index is 839. The number of anilines is 1. The molecule has 0 aromatic carbocycles. The molecule has 0 amide bonds. The van der Waals surface area contributed by atoms with E-state index in [4.69, 9.17) is 14.6 Å². The SMILES string of the molecule is Cc1ccc(-c2nc(N)c(C#N)c(-c3ccco3)c2C)o1. The first-order chi connectivity index (χ1) is 10.1. The third kappa shape index (κ3) is 2.07. The molecule has 5 heteroatoms. The highest BCUT2D eigenvalue weighted by Gasteiger charge is 2.21. The number of furan rings is 2. The number of rotatable bonds is 2. The second-order valence-corrected chi connectivity index (χ2v) is 4.72. The number of pyridine rings is 1. The molecular weight excluding hydrogens is 266 g/mol. The van der Waals surface area contributed by atoms with E-state index in [1.165, 1.54) is 0 Å². The van der Waals surface area contributed by atoms with E-state index in [-0.39, 0.29) is 5.82 Å². The summed E-state index contributed by atoms with van der Waals surface area (Å²) in [6, 6.07) is 9.35. The molecule has 0 fully saturated rings. The Hall–Kier alpha value is -3.00. The third-order valence-corrected chi connectivity index (χ3v) is 3.32. The first-order valence-corrected chi connectivity index (χ1v) is 6.42. The molecule has 0 aliphatic heterocycles. The van der Waals surface area contributed by atoms with Gasteiger partial charge in [0.05, 0.1) is 6.26 Å². The Morgan fingerprint density at radius 1 is 1.19 bits per heavy atom. The van der Waals surface area contributed by atoms with Gasteiger partial charge in [0.1, 0.15) is 34.7 Å². The summed E-state index contributed by atoms with van der Waals surface area (Å²) in [5.41, 5.74) is 8.31. The quantitative estimate of drug-likeness (QED) is 0.773. The Morgan fingerprint density at radius 2 is 2.00 bits per heavy atom. The smallest absolute Gasteiger partial charge is 0.153 e. The molecule has 3 heterocycles. The predicted molar refractivity (Wildman–Crippen MR) is 78.2 cm³/mol. The topological polar surface area (TPSA) is 89.0 Å². The van der Waals surface area contributed by atoms with Crippen LogP contribution in [0.1, 0.15) is 16.9 Å². The fraction of sp³-hybridized carbons (Fsp3) is 0.125. The van der Waals surface area contributed by atoms with Gasteiger partial charge in [0.25, 0.3) is 0 Å². The lowest BCUT2D eigenvalue weighted by molar-refractivity contribution is 0.546. The van der Waals surface area contributed by atoms with Gasteiger partial charge in [-0.25, -0.2) is 4.98 Å². The fourth-order valence-electron chi connectivity index (χ4n) is 2.34. The van der Waals surface area contributed by atoms with Crippen molar-refractivity contribution < 1.29 is 8.83 Å². The van der Waals surface area contributed by atoms with Crippen molar-refractivity contribution in [2.24, 2.45) is 0 Å². The van der Waals surface area contributed by atoms with Gasteiger partial charge in [-0.1, -0.05) is 0 Å². The molecule has 0 saturated carbocycles. The first kappa shape index (κ1) is 13.0. The average Bonchev–Trinajstić information content (AvgIpc) is 3.11. The largest absolute Gasteiger partial charge is 0.464 e. The van der Waals surface area contributed by atoms with Gasteiger partial charge in [0.15, 0.2) is 5.76 Å². The number of aromatic nitrogens is 1. The van der Waals surface area contributed by atoms with E-state index in [2.05, 4.69) is 11.1 Å². The van der Waals surface area contributed by atoms with Gasteiger partial charge in [0, 0.05) is 5.56 Å². The van der Waals surface area contributed by atoms with Gasteiger partial charge in [-0.3, -0.25) is 0 Å². The minimum atomic E-state index is 0.165. The van der Waals surface area contributed by atoms with Crippen LogP contribution in [0.25, 0.3) is 22.8 Å². The Labute approximate surface area is 121 Å².